The van der Waals surface area contributed by atoms with Gasteiger partial charge >= 0.3 is 5.78 Å². The molecule has 0 fully saturated rings. The summed E-state index contributed by atoms with van der Waals surface area (Å²) < 4.78 is 9.07. The van der Waals surface area contributed by atoms with E-state index in [0.29, 0.717) is 0 Å². The molecule has 0 aliphatic rings. The molecule has 4 heterocycles. The molecule has 240 valence electrons. The van der Waals surface area contributed by atoms with Crippen LogP contribution in [0.25, 0.3) is 61.7 Å². The van der Waals surface area contributed by atoms with Crippen LogP contribution in [0.15, 0.2) is 133 Å². The van der Waals surface area contributed by atoms with Gasteiger partial charge in [0.25, 0.3) is 0 Å². The number of imidazole rings is 4. The normalized spacial score (nSPS) is 12.2. The summed E-state index contributed by atoms with van der Waals surface area (Å²) in [5, 5.41) is 1.03. The SMILES string of the molecule is CN(C)c1ccc(C(c2c(-c3ccccc3)nc3n(C)c4ccccc4n23)=c2c(-c3ccccc3)nc3n2c2ccccc2[n+]3C)cc1.[Cl-]. The molecule has 0 saturated carbocycles. The van der Waals surface area contributed by atoms with Crippen molar-refractivity contribution in [2.75, 3.05) is 19.0 Å². The van der Waals surface area contributed by atoms with Gasteiger partial charge in [0.1, 0.15) is 11.0 Å². The molecule has 9 aromatic rings. The maximum atomic E-state index is 5.43. The molecule has 0 aliphatic heterocycles. The van der Waals surface area contributed by atoms with Crippen LogP contribution in [0.4, 0.5) is 5.69 Å². The number of nitrogens with zero attached hydrogens (tertiary/aromatic N) is 7. The number of aryl methyl sites for hydroxylation is 2. The van der Waals surface area contributed by atoms with Crippen molar-refractivity contribution in [2.45, 2.75) is 0 Å². The van der Waals surface area contributed by atoms with Crippen LogP contribution in [-0.4, -0.2) is 37.4 Å². The zero-order chi connectivity index (χ0) is 32.5. The molecule has 5 aromatic carbocycles. The Morgan fingerprint density at radius 3 is 1.84 bits per heavy atom. The molecule has 0 unspecified atom stereocenters. The quantitative estimate of drug-likeness (QED) is 0.264. The predicted octanol–water partition coefficient (Wildman–Crippen LogP) is 3.82. The Hall–Kier alpha value is -5.92. The minimum atomic E-state index is 0. The number of halogens is 1. The molecule has 49 heavy (non-hydrogen) atoms. The lowest BCUT2D eigenvalue weighted by Crippen LogP contribution is -3.00. The van der Waals surface area contributed by atoms with Gasteiger partial charge in [0, 0.05) is 38.0 Å². The summed E-state index contributed by atoms with van der Waals surface area (Å²) in [4.78, 5) is 13.0. The molecule has 4 aromatic heterocycles. The fourth-order valence-electron chi connectivity index (χ4n) is 7.18. The largest absolute Gasteiger partial charge is 1.00 e. The first-order chi connectivity index (χ1) is 23.5. The highest BCUT2D eigenvalue weighted by atomic mass is 35.5. The van der Waals surface area contributed by atoms with E-state index >= 15 is 0 Å². The number of fused-ring (bicyclic) bond motifs is 6. The van der Waals surface area contributed by atoms with Crippen molar-refractivity contribution in [3.8, 4) is 22.5 Å². The van der Waals surface area contributed by atoms with Crippen molar-refractivity contribution in [1.82, 2.24) is 23.3 Å². The van der Waals surface area contributed by atoms with Gasteiger partial charge in [0.2, 0.25) is 5.78 Å². The van der Waals surface area contributed by atoms with Crippen LogP contribution in [0.1, 0.15) is 11.3 Å². The third-order valence-electron chi connectivity index (χ3n) is 9.53. The Kier molecular flexibility index (Phi) is 7.23. The molecule has 0 N–H and O–H groups in total. The van der Waals surface area contributed by atoms with Gasteiger partial charge < -0.3 is 21.9 Å². The first-order valence-electron chi connectivity index (χ1n) is 16.2. The summed E-state index contributed by atoms with van der Waals surface area (Å²) in [7, 11) is 8.36. The molecule has 7 nitrogen and oxygen atoms in total. The number of para-hydroxylation sites is 4. The average molecular weight is 660 g/mol. The molecular weight excluding hydrogens is 626 g/mol. The van der Waals surface area contributed by atoms with Crippen LogP contribution in [0.2, 0.25) is 0 Å². The van der Waals surface area contributed by atoms with E-state index in [0.717, 1.165) is 84.0 Å². The van der Waals surface area contributed by atoms with E-state index < -0.39 is 0 Å². The van der Waals surface area contributed by atoms with Crippen molar-refractivity contribution in [1.29, 1.82) is 0 Å². The van der Waals surface area contributed by atoms with Crippen LogP contribution < -0.4 is 27.2 Å². The molecule has 0 aliphatic carbocycles. The van der Waals surface area contributed by atoms with Gasteiger partial charge in [-0.3, -0.25) is 4.40 Å². The zero-order valence-electron chi connectivity index (χ0n) is 27.7. The van der Waals surface area contributed by atoms with E-state index in [1.54, 1.807) is 0 Å². The third-order valence-corrected chi connectivity index (χ3v) is 9.53. The van der Waals surface area contributed by atoms with E-state index in [1.165, 1.54) is 0 Å². The second kappa shape index (κ2) is 11.6. The van der Waals surface area contributed by atoms with E-state index in [2.05, 4.69) is 184 Å². The highest BCUT2D eigenvalue weighted by Crippen LogP contribution is 2.36. The summed E-state index contributed by atoms with van der Waals surface area (Å²) in [5.41, 5.74) is 12.7. The van der Waals surface area contributed by atoms with Crippen molar-refractivity contribution in [3.63, 3.8) is 0 Å². The monoisotopic (exact) mass is 659 g/mol. The first-order valence-corrected chi connectivity index (χ1v) is 16.2. The van der Waals surface area contributed by atoms with Gasteiger partial charge in [-0.2, -0.15) is 4.40 Å². The van der Waals surface area contributed by atoms with Crippen LogP contribution >= 0.6 is 0 Å². The molecule has 0 amide bonds. The second-order valence-corrected chi connectivity index (χ2v) is 12.5. The number of aromatic nitrogens is 6. The lowest BCUT2D eigenvalue weighted by molar-refractivity contribution is -0.620. The van der Waals surface area contributed by atoms with Gasteiger partial charge in [-0.25, -0.2) is 9.55 Å². The minimum Gasteiger partial charge on any atom is -1.00 e. The number of hydrogen-bond acceptors (Lipinski definition) is 3. The van der Waals surface area contributed by atoms with Gasteiger partial charge in [-0.15, -0.1) is 0 Å². The van der Waals surface area contributed by atoms with Crippen LogP contribution in [0.3, 0.4) is 0 Å². The summed E-state index contributed by atoms with van der Waals surface area (Å²) in [6.07, 6.45) is 0. The van der Waals surface area contributed by atoms with Gasteiger partial charge in [-0.05, 0) is 42.0 Å². The fraction of sp³-hybridized carbons (Fsp3) is 0.0976. The van der Waals surface area contributed by atoms with Crippen molar-refractivity contribution < 1.29 is 17.0 Å². The molecule has 9 rings (SSSR count). The number of hydrogen-bond donors (Lipinski definition) is 0. The maximum absolute atomic E-state index is 5.43. The third kappa shape index (κ3) is 4.54. The Morgan fingerprint density at radius 1 is 0.612 bits per heavy atom. The van der Waals surface area contributed by atoms with Crippen molar-refractivity contribution in [2.24, 2.45) is 14.1 Å². The number of anilines is 1. The molecule has 0 saturated heterocycles. The summed E-state index contributed by atoms with van der Waals surface area (Å²) >= 11 is 0. The maximum Gasteiger partial charge on any atom is 0.405 e. The molecule has 8 heteroatoms. The summed E-state index contributed by atoms with van der Waals surface area (Å²) in [6.45, 7) is 0. The van der Waals surface area contributed by atoms with Crippen molar-refractivity contribution in [3.05, 3.63) is 150 Å². The van der Waals surface area contributed by atoms with Gasteiger partial charge in [0.05, 0.1) is 35.0 Å². The first kappa shape index (κ1) is 30.4. The molecule has 0 bridgehead atoms. The molecule has 0 atom stereocenters. The second-order valence-electron chi connectivity index (χ2n) is 12.5. The predicted molar refractivity (Wildman–Crippen MR) is 194 cm³/mol. The van der Waals surface area contributed by atoms with Gasteiger partial charge in [0.15, 0.2) is 11.0 Å². The van der Waals surface area contributed by atoms with Crippen LogP contribution in [0, 0.1) is 0 Å². The number of benzene rings is 5. The summed E-state index contributed by atoms with van der Waals surface area (Å²) in [6, 6.07) is 47.1. The summed E-state index contributed by atoms with van der Waals surface area (Å²) in [5.74, 6) is 1.76. The topological polar surface area (TPSA) is 46.6 Å². The molecule has 0 radical (unpaired) electrons. The average Bonchev–Trinajstić information content (AvgIpc) is 3.86. The highest BCUT2D eigenvalue weighted by molar-refractivity contribution is 5.94. The van der Waals surface area contributed by atoms with Gasteiger partial charge in [-0.1, -0.05) is 102 Å². The molecular formula is C41H34ClN7. The van der Waals surface area contributed by atoms with Crippen molar-refractivity contribution >= 4 is 44.9 Å². The molecule has 0 spiro atoms. The Morgan fingerprint density at radius 2 is 1.18 bits per heavy atom. The number of rotatable bonds is 5. The van der Waals surface area contributed by atoms with E-state index in [-0.39, 0.29) is 12.4 Å². The zero-order valence-corrected chi connectivity index (χ0v) is 28.5. The minimum absolute atomic E-state index is 0. The lowest BCUT2D eigenvalue weighted by atomic mass is 9.96. The van der Waals surface area contributed by atoms with E-state index in [9.17, 15) is 0 Å². The van der Waals surface area contributed by atoms with Crippen LogP contribution in [0.5, 0.6) is 0 Å². The Bertz CT molecular complexity index is 2700. The fourth-order valence-corrected chi connectivity index (χ4v) is 7.18. The Balaban J connectivity index is 0.00000348. The van der Waals surface area contributed by atoms with E-state index in [4.69, 9.17) is 9.97 Å². The van der Waals surface area contributed by atoms with Crippen LogP contribution in [-0.2, 0) is 14.1 Å². The smallest absolute Gasteiger partial charge is 0.405 e. The van der Waals surface area contributed by atoms with E-state index in [1.807, 2.05) is 0 Å². The lowest BCUT2D eigenvalue weighted by Gasteiger charge is -2.15. The standard InChI is InChI=1S/C41H34N7.ClH/c1-44(2)30-25-23-27(24-26-30)35(38-36(28-15-7-5-8-16-28)42-40-45(3)31-19-11-13-21-33(31)47(38)40)39-37(29-17-9-6-10-18-29)43-41-46(4)32-20-12-14-22-34(32)48(39)41;/h5-26H,1-4H3;1H/q+1;/p-1. The highest BCUT2D eigenvalue weighted by Gasteiger charge is 2.31. The Labute approximate surface area is 290 Å².